The van der Waals surface area contributed by atoms with Crippen molar-refractivity contribution in [1.29, 1.82) is 0 Å². The lowest BCUT2D eigenvalue weighted by molar-refractivity contribution is 0.298. The summed E-state index contributed by atoms with van der Waals surface area (Å²) >= 11 is 0. The van der Waals surface area contributed by atoms with Crippen LogP contribution in [0.5, 0.6) is 0 Å². The maximum atomic E-state index is 3.81. The molecule has 15 heavy (non-hydrogen) atoms. The Kier molecular flexibility index (Phi) is 2.19. The molecule has 0 saturated heterocycles. The van der Waals surface area contributed by atoms with Crippen molar-refractivity contribution in [1.82, 2.24) is 0 Å². The van der Waals surface area contributed by atoms with Gasteiger partial charge in [-0.2, -0.15) is 0 Å². The van der Waals surface area contributed by atoms with E-state index < -0.39 is 0 Å². The highest BCUT2D eigenvalue weighted by atomic mass is 15.0. The molecule has 0 amide bonds. The second-order valence-corrected chi connectivity index (χ2v) is 5.12. The first-order chi connectivity index (χ1) is 7.38. The van der Waals surface area contributed by atoms with Crippen molar-refractivity contribution in [3.63, 3.8) is 0 Å². The Hall–Kier alpha value is -0.980. The molecule has 1 aliphatic heterocycles. The lowest BCUT2D eigenvalue weighted by atomic mass is 9.75. The van der Waals surface area contributed by atoms with Gasteiger partial charge in [-0.15, -0.1) is 0 Å². The normalized spacial score (nSPS) is 23.2. The highest BCUT2D eigenvalue weighted by Crippen LogP contribution is 2.39. The van der Waals surface area contributed by atoms with Gasteiger partial charge in [0.1, 0.15) is 0 Å². The molecular weight excluding hydrogens is 182 g/mol. The van der Waals surface area contributed by atoms with E-state index in [1.807, 2.05) is 0 Å². The highest BCUT2D eigenvalue weighted by molar-refractivity contribution is 5.55. The molecule has 3 rings (SSSR count). The summed E-state index contributed by atoms with van der Waals surface area (Å²) in [5.74, 6) is 0. The van der Waals surface area contributed by atoms with Crippen LogP contribution in [0.4, 0.5) is 5.69 Å². The molecule has 1 heteroatoms. The molecule has 0 unspecified atom stereocenters. The third-order valence-electron chi connectivity index (χ3n) is 4.10. The fourth-order valence-electron chi connectivity index (χ4n) is 3.19. The summed E-state index contributed by atoms with van der Waals surface area (Å²) in [6.07, 6.45) is 9.62. The van der Waals surface area contributed by atoms with Gasteiger partial charge in [0.2, 0.25) is 0 Å². The second-order valence-electron chi connectivity index (χ2n) is 5.12. The van der Waals surface area contributed by atoms with E-state index in [2.05, 4.69) is 29.6 Å². The maximum absolute atomic E-state index is 3.81. The van der Waals surface area contributed by atoms with E-state index in [9.17, 15) is 0 Å². The van der Waals surface area contributed by atoms with Crippen molar-refractivity contribution in [2.24, 2.45) is 0 Å². The Morgan fingerprint density at radius 2 is 1.73 bits per heavy atom. The molecule has 1 aliphatic carbocycles. The zero-order chi connectivity index (χ0) is 10.1. The van der Waals surface area contributed by atoms with Crippen molar-refractivity contribution < 1.29 is 0 Å². The number of nitrogens with one attached hydrogen (secondary N) is 1. The van der Waals surface area contributed by atoms with Gasteiger partial charge in [0.25, 0.3) is 0 Å². The number of benzene rings is 1. The van der Waals surface area contributed by atoms with E-state index in [4.69, 9.17) is 0 Å². The lowest BCUT2D eigenvalue weighted by Gasteiger charge is -2.43. The van der Waals surface area contributed by atoms with Gasteiger partial charge in [0.15, 0.2) is 0 Å². The minimum absolute atomic E-state index is 0.451. The van der Waals surface area contributed by atoms with Gasteiger partial charge in [-0.25, -0.2) is 0 Å². The van der Waals surface area contributed by atoms with E-state index in [0.29, 0.717) is 5.54 Å². The quantitative estimate of drug-likeness (QED) is 0.674. The van der Waals surface area contributed by atoms with E-state index in [1.165, 1.54) is 56.2 Å². The Labute approximate surface area is 91.9 Å². The van der Waals surface area contributed by atoms with Crippen LogP contribution in [0.1, 0.15) is 44.1 Å². The largest absolute Gasteiger partial charge is 0.379 e. The molecule has 0 atom stereocenters. The first kappa shape index (κ1) is 9.26. The smallest absolute Gasteiger partial charge is 0.0377 e. The molecule has 1 N–H and O–H groups in total. The fraction of sp³-hybridized carbons (Fsp3) is 0.571. The Morgan fingerprint density at radius 1 is 0.933 bits per heavy atom. The third-order valence-corrected chi connectivity index (χ3v) is 4.10. The maximum Gasteiger partial charge on any atom is 0.0377 e. The summed E-state index contributed by atoms with van der Waals surface area (Å²) in [4.78, 5) is 0. The van der Waals surface area contributed by atoms with Gasteiger partial charge >= 0.3 is 0 Å². The average Bonchev–Trinajstić information content (AvgIpc) is 2.30. The SMILES string of the molecule is c1ccc2c(c1)CCC1(CCCCC1)N2. The molecule has 1 aromatic carbocycles. The van der Waals surface area contributed by atoms with Crippen LogP contribution in [-0.4, -0.2) is 5.54 Å². The van der Waals surface area contributed by atoms with E-state index in [-0.39, 0.29) is 0 Å². The zero-order valence-corrected chi connectivity index (χ0v) is 9.26. The van der Waals surface area contributed by atoms with Crippen LogP contribution in [0.2, 0.25) is 0 Å². The number of hydrogen-bond acceptors (Lipinski definition) is 1. The van der Waals surface area contributed by atoms with Crippen molar-refractivity contribution in [3.05, 3.63) is 29.8 Å². The van der Waals surface area contributed by atoms with E-state index >= 15 is 0 Å². The second kappa shape index (κ2) is 3.55. The van der Waals surface area contributed by atoms with Crippen LogP contribution in [0, 0.1) is 0 Å². The predicted molar refractivity (Wildman–Crippen MR) is 64.2 cm³/mol. The predicted octanol–water partition coefficient (Wildman–Crippen LogP) is 3.75. The molecule has 1 spiro atoms. The number of aryl methyl sites for hydroxylation is 1. The van der Waals surface area contributed by atoms with Crippen LogP contribution in [-0.2, 0) is 6.42 Å². The van der Waals surface area contributed by atoms with Crippen LogP contribution < -0.4 is 5.32 Å². The van der Waals surface area contributed by atoms with Crippen molar-refractivity contribution in [3.8, 4) is 0 Å². The molecule has 0 radical (unpaired) electrons. The summed E-state index contributed by atoms with van der Waals surface area (Å²) in [5, 5.41) is 3.81. The van der Waals surface area contributed by atoms with Crippen LogP contribution in [0.15, 0.2) is 24.3 Å². The van der Waals surface area contributed by atoms with Crippen LogP contribution >= 0.6 is 0 Å². The number of rotatable bonds is 0. The first-order valence-electron chi connectivity index (χ1n) is 6.24. The summed E-state index contributed by atoms with van der Waals surface area (Å²) < 4.78 is 0. The van der Waals surface area contributed by atoms with Crippen molar-refractivity contribution >= 4 is 5.69 Å². The van der Waals surface area contributed by atoms with Gasteiger partial charge < -0.3 is 5.32 Å². The number of hydrogen-bond donors (Lipinski definition) is 1. The monoisotopic (exact) mass is 201 g/mol. The summed E-state index contributed by atoms with van der Waals surface area (Å²) in [6, 6.07) is 8.80. The van der Waals surface area contributed by atoms with Gasteiger partial charge in [-0.3, -0.25) is 0 Å². The number of fused-ring (bicyclic) bond motifs is 1. The minimum atomic E-state index is 0.451. The van der Waals surface area contributed by atoms with E-state index in [0.717, 1.165) is 0 Å². The molecular formula is C14H19N. The third kappa shape index (κ3) is 1.64. The van der Waals surface area contributed by atoms with Gasteiger partial charge in [0, 0.05) is 11.2 Å². The molecule has 1 nitrogen and oxygen atoms in total. The first-order valence-corrected chi connectivity index (χ1v) is 6.24. The van der Waals surface area contributed by atoms with E-state index in [1.54, 1.807) is 0 Å². The molecule has 0 aromatic heterocycles. The summed E-state index contributed by atoms with van der Waals surface area (Å²) in [7, 11) is 0. The molecule has 80 valence electrons. The Bertz CT molecular complexity index is 350. The van der Waals surface area contributed by atoms with Crippen LogP contribution in [0.3, 0.4) is 0 Å². The molecule has 1 saturated carbocycles. The summed E-state index contributed by atoms with van der Waals surface area (Å²) in [6.45, 7) is 0. The fourth-order valence-corrected chi connectivity index (χ4v) is 3.19. The molecule has 2 aliphatic rings. The van der Waals surface area contributed by atoms with Gasteiger partial charge in [-0.05, 0) is 37.3 Å². The molecule has 0 bridgehead atoms. The van der Waals surface area contributed by atoms with Crippen molar-refractivity contribution in [2.45, 2.75) is 50.5 Å². The van der Waals surface area contributed by atoms with Crippen LogP contribution in [0.25, 0.3) is 0 Å². The molecule has 1 fully saturated rings. The Morgan fingerprint density at radius 3 is 2.60 bits per heavy atom. The number of anilines is 1. The topological polar surface area (TPSA) is 12.0 Å². The van der Waals surface area contributed by atoms with Gasteiger partial charge in [-0.1, -0.05) is 37.5 Å². The standard InChI is InChI=1S/C14H19N/c1-4-9-14(10-5-1)11-8-12-6-2-3-7-13(12)15-14/h2-3,6-7,15H,1,4-5,8-11H2. The molecule has 1 aromatic rings. The van der Waals surface area contributed by atoms with Gasteiger partial charge in [0.05, 0.1) is 0 Å². The zero-order valence-electron chi connectivity index (χ0n) is 9.26. The average molecular weight is 201 g/mol. The summed E-state index contributed by atoms with van der Waals surface area (Å²) in [5.41, 5.74) is 3.35. The Balaban J connectivity index is 1.87. The number of para-hydroxylation sites is 1. The minimum Gasteiger partial charge on any atom is -0.379 e. The van der Waals surface area contributed by atoms with Crippen molar-refractivity contribution in [2.75, 3.05) is 5.32 Å². The lowest BCUT2D eigenvalue weighted by Crippen LogP contribution is -2.43. The highest BCUT2D eigenvalue weighted by Gasteiger charge is 2.34. The molecule has 1 heterocycles.